The molecule has 0 unspecified atom stereocenters. The molecule has 0 atom stereocenters. The number of thioether (sulfide) groups is 1. The minimum atomic E-state index is -0.124. The fourth-order valence-electron chi connectivity index (χ4n) is 2.08. The van der Waals surface area contributed by atoms with Crippen LogP contribution in [0, 0.1) is 5.41 Å². The first-order valence-corrected chi connectivity index (χ1v) is 7.75. The molecule has 0 radical (unpaired) electrons. The van der Waals surface area contributed by atoms with Crippen LogP contribution in [0.25, 0.3) is 0 Å². The van der Waals surface area contributed by atoms with Crippen LogP contribution in [-0.4, -0.2) is 10.3 Å². The van der Waals surface area contributed by atoms with Crippen LogP contribution in [0.2, 0.25) is 0 Å². The largest absolute Gasteiger partial charge is 0.507 e. The predicted octanol–water partition coefficient (Wildman–Crippen LogP) is 4.69. The predicted molar refractivity (Wildman–Crippen MR) is 99.0 cm³/mol. The maximum Gasteiger partial charge on any atom is 0.151 e. The highest BCUT2D eigenvalue weighted by Gasteiger charge is 2.26. The third-order valence-corrected chi connectivity index (χ3v) is 3.97. The maximum absolute atomic E-state index is 10.6. The topological polar surface area (TPSA) is 70.1 Å². The Morgan fingerprint density at radius 3 is 1.76 bits per heavy atom. The SMILES string of the molecule is Br.CC(C)(C)c1cc(CSC(=N)N)cc(C(C)(C)C)c1O. The molecule has 0 aliphatic carbocycles. The number of nitrogens with one attached hydrogen (secondary N) is 1. The molecule has 0 heterocycles. The average molecular weight is 375 g/mol. The van der Waals surface area contributed by atoms with Gasteiger partial charge in [-0.05, 0) is 27.5 Å². The summed E-state index contributed by atoms with van der Waals surface area (Å²) in [6, 6.07) is 4.06. The van der Waals surface area contributed by atoms with E-state index >= 15 is 0 Å². The molecule has 0 fully saturated rings. The van der Waals surface area contributed by atoms with Gasteiger partial charge in [0.15, 0.2) is 5.17 Å². The molecule has 21 heavy (non-hydrogen) atoms. The molecule has 0 saturated heterocycles. The van der Waals surface area contributed by atoms with Crippen LogP contribution in [0.1, 0.15) is 58.2 Å². The minimum absolute atomic E-state index is 0. The van der Waals surface area contributed by atoms with E-state index in [-0.39, 0.29) is 33.0 Å². The Hall–Kier alpha value is -0.680. The zero-order valence-electron chi connectivity index (χ0n) is 13.7. The van der Waals surface area contributed by atoms with Crippen molar-refractivity contribution in [1.29, 1.82) is 5.41 Å². The molecule has 3 nitrogen and oxygen atoms in total. The van der Waals surface area contributed by atoms with Crippen LogP contribution in [0.4, 0.5) is 0 Å². The summed E-state index contributed by atoms with van der Waals surface area (Å²) in [5, 5.41) is 18.0. The summed E-state index contributed by atoms with van der Waals surface area (Å²) in [6.07, 6.45) is 0. The average Bonchev–Trinajstić information content (AvgIpc) is 2.24. The van der Waals surface area contributed by atoms with Gasteiger partial charge in [0, 0.05) is 5.75 Å². The fraction of sp³-hybridized carbons (Fsp3) is 0.562. The molecule has 0 aliphatic heterocycles. The summed E-state index contributed by atoms with van der Waals surface area (Å²) in [5.41, 5.74) is 8.16. The Morgan fingerprint density at radius 1 is 1.10 bits per heavy atom. The maximum atomic E-state index is 10.6. The third-order valence-electron chi connectivity index (χ3n) is 3.18. The third kappa shape index (κ3) is 5.55. The Morgan fingerprint density at radius 2 is 1.48 bits per heavy atom. The molecular weight excluding hydrogens is 348 g/mol. The van der Waals surface area contributed by atoms with Crippen LogP contribution in [0.5, 0.6) is 5.75 Å². The van der Waals surface area contributed by atoms with Crippen molar-refractivity contribution < 1.29 is 5.11 Å². The lowest BCUT2D eigenvalue weighted by Crippen LogP contribution is -2.18. The van der Waals surface area contributed by atoms with Crippen LogP contribution in [0.3, 0.4) is 0 Å². The van der Waals surface area contributed by atoms with Crippen molar-refractivity contribution in [3.63, 3.8) is 0 Å². The second-order valence-corrected chi connectivity index (χ2v) is 8.21. The van der Waals surface area contributed by atoms with E-state index in [0.29, 0.717) is 11.5 Å². The first-order valence-electron chi connectivity index (χ1n) is 6.76. The number of nitrogens with two attached hydrogens (primary N) is 1. The zero-order valence-corrected chi connectivity index (χ0v) is 16.2. The minimum Gasteiger partial charge on any atom is -0.507 e. The molecule has 0 spiro atoms. The number of phenolic OH excluding ortho intramolecular Hbond substituents is 1. The lowest BCUT2D eigenvalue weighted by molar-refractivity contribution is 0.423. The summed E-state index contributed by atoms with van der Waals surface area (Å²) in [5.74, 6) is 1.04. The number of amidine groups is 1. The zero-order chi connectivity index (χ0) is 15.7. The Labute approximate surface area is 143 Å². The van der Waals surface area contributed by atoms with Gasteiger partial charge >= 0.3 is 0 Å². The van der Waals surface area contributed by atoms with Crippen molar-refractivity contribution in [3.8, 4) is 5.75 Å². The van der Waals surface area contributed by atoms with Gasteiger partial charge in [0.05, 0.1) is 0 Å². The van der Waals surface area contributed by atoms with Crippen molar-refractivity contribution >= 4 is 33.9 Å². The number of halogens is 1. The lowest BCUT2D eigenvalue weighted by atomic mass is 9.78. The van der Waals surface area contributed by atoms with Gasteiger partial charge in [-0.3, -0.25) is 5.41 Å². The number of aromatic hydroxyl groups is 1. The van der Waals surface area contributed by atoms with E-state index in [1.807, 2.05) is 12.1 Å². The van der Waals surface area contributed by atoms with E-state index in [1.54, 1.807) is 0 Å². The standard InChI is InChI=1S/C16H26N2OS.BrH/c1-15(2,3)11-7-10(9-20-14(17)18)8-12(13(11)19)16(4,5)6;/h7-8,19H,9H2,1-6H3,(H3,17,18);1H. The summed E-state index contributed by atoms with van der Waals surface area (Å²) < 4.78 is 0. The highest BCUT2D eigenvalue weighted by Crippen LogP contribution is 2.40. The monoisotopic (exact) mass is 374 g/mol. The molecule has 0 aromatic heterocycles. The van der Waals surface area contributed by atoms with Crippen molar-refractivity contribution in [2.75, 3.05) is 0 Å². The van der Waals surface area contributed by atoms with Crippen molar-refractivity contribution in [2.45, 2.75) is 58.1 Å². The molecule has 5 heteroatoms. The van der Waals surface area contributed by atoms with E-state index in [4.69, 9.17) is 11.1 Å². The lowest BCUT2D eigenvalue weighted by Gasteiger charge is -2.28. The first kappa shape index (κ1) is 20.3. The van der Waals surface area contributed by atoms with Gasteiger partial charge in [-0.25, -0.2) is 0 Å². The molecule has 1 aromatic rings. The fourth-order valence-corrected chi connectivity index (χ4v) is 2.57. The number of rotatable bonds is 2. The van der Waals surface area contributed by atoms with E-state index in [0.717, 1.165) is 16.7 Å². The van der Waals surface area contributed by atoms with Gasteiger partial charge in [-0.2, -0.15) is 0 Å². The van der Waals surface area contributed by atoms with Crippen LogP contribution in [-0.2, 0) is 16.6 Å². The van der Waals surface area contributed by atoms with E-state index < -0.39 is 0 Å². The van der Waals surface area contributed by atoms with Crippen LogP contribution < -0.4 is 5.73 Å². The summed E-state index contributed by atoms with van der Waals surface area (Å²) in [6.45, 7) is 12.6. The van der Waals surface area contributed by atoms with Crippen LogP contribution >= 0.6 is 28.7 Å². The van der Waals surface area contributed by atoms with Crippen molar-refractivity contribution in [2.24, 2.45) is 5.73 Å². The number of phenols is 1. The smallest absolute Gasteiger partial charge is 0.151 e. The molecular formula is C16H27BrN2OS. The molecule has 120 valence electrons. The Bertz CT molecular complexity index is 481. The Balaban J connectivity index is 0.00000400. The Kier molecular flexibility index (Phi) is 6.83. The molecule has 0 amide bonds. The second-order valence-electron chi connectivity index (χ2n) is 7.19. The van der Waals surface area contributed by atoms with E-state index in [9.17, 15) is 5.11 Å². The van der Waals surface area contributed by atoms with Gasteiger partial charge in [-0.15, -0.1) is 17.0 Å². The van der Waals surface area contributed by atoms with Gasteiger partial charge < -0.3 is 10.8 Å². The molecule has 1 rings (SSSR count). The van der Waals surface area contributed by atoms with E-state index in [1.165, 1.54) is 11.8 Å². The van der Waals surface area contributed by atoms with Gasteiger partial charge in [0.2, 0.25) is 0 Å². The molecule has 1 aromatic carbocycles. The summed E-state index contributed by atoms with van der Waals surface area (Å²) in [7, 11) is 0. The normalized spacial score (nSPS) is 11.9. The van der Waals surface area contributed by atoms with Gasteiger partial charge in [-0.1, -0.05) is 65.4 Å². The first-order chi connectivity index (χ1) is 8.93. The highest BCUT2D eigenvalue weighted by atomic mass is 79.9. The highest BCUT2D eigenvalue weighted by molar-refractivity contribution is 8.93. The number of benzene rings is 1. The van der Waals surface area contributed by atoms with Crippen LogP contribution in [0.15, 0.2) is 12.1 Å². The molecule has 0 bridgehead atoms. The van der Waals surface area contributed by atoms with Crippen molar-refractivity contribution in [1.82, 2.24) is 0 Å². The van der Waals surface area contributed by atoms with Gasteiger partial charge in [0.1, 0.15) is 5.75 Å². The summed E-state index contributed by atoms with van der Waals surface area (Å²) in [4.78, 5) is 0. The summed E-state index contributed by atoms with van der Waals surface area (Å²) >= 11 is 1.31. The van der Waals surface area contributed by atoms with E-state index in [2.05, 4.69) is 41.5 Å². The molecule has 0 saturated carbocycles. The molecule has 4 N–H and O–H groups in total. The van der Waals surface area contributed by atoms with Crippen molar-refractivity contribution in [3.05, 3.63) is 28.8 Å². The number of hydrogen-bond acceptors (Lipinski definition) is 3. The number of hydrogen-bond donors (Lipinski definition) is 3. The second kappa shape index (κ2) is 7.05. The molecule has 0 aliphatic rings. The van der Waals surface area contributed by atoms with Gasteiger partial charge in [0.25, 0.3) is 0 Å². The quantitative estimate of drug-likeness (QED) is 0.519.